The lowest BCUT2D eigenvalue weighted by Gasteiger charge is -2.07. The molecule has 13 N–H and O–H groups in total. The van der Waals surface area contributed by atoms with Crippen LogP contribution in [0.3, 0.4) is 0 Å². The van der Waals surface area contributed by atoms with Gasteiger partial charge in [-0.3, -0.25) is 24.0 Å². The Labute approximate surface area is 161 Å². The van der Waals surface area contributed by atoms with E-state index in [2.05, 4.69) is 5.73 Å². The van der Waals surface area contributed by atoms with Gasteiger partial charge < -0.3 is 48.5 Å². The molecule has 0 spiro atoms. The van der Waals surface area contributed by atoms with Gasteiger partial charge in [-0.25, -0.2) is 0 Å². The molecule has 0 amide bonds. The number of hydrogen-bond acceptors (Lipinski definition) is 9. The van der Waals surface area contributed by atoms with E-state index in [1.165, 1.54) is 6.92 Å². The van der Waals surface area contributed by atoms with Crippen LogP contribution < -0.4 is 22.9 Å². The molecule has 0 saturated heterocycles. The Balaban J connectivity index is -0.000000141. The average Bonchev–Trinajstić information content (AvgIpc) is 2.54. The third-order valence-electron chi connectivity index (χ3n) is 2.28. The number of aliphatic carboxylic acids is 5. The summed E-state index contributed by atoms with van der Waals surface area (Å²) in [7, 11) is 0. The van der Waals surface area contributed by atoms with Crippen molar-refractivity contribution in [3.05, 3.63) is 0 Å². The second-order valence-corrected chi connectivity index (χ2v) is 5.38. The van der Waals surface area contributed by atoms with Crippen molar-refractivity contribution >= 4 is 29.8 Å². The van der Waals surface area contributed by atoms with Crippen LogP contribution in [0.1, 0.15) is 27.2 Å². The molecule has 0 aliphatic rings. The quantitative estimate of drug-likeness (QED) is 0.206. The molecule has 0 heterocycles. The molecule has 3 atom stereocenters. The summed E-state index contributed by atoms with van der Waals surface area (Å²) < 4.78 is 0. The molecule has 0 aliphatic heterocycles. The van der Waals surface area contributed by atoms with Gasteiger partial charge in [-0.1, -0.05) is 13.8 Å². The smallest absolute Gasteiger partial charge is 0.321 e. The SMILES string of the molecule is CC(C)[C@H](N)C(=O)O.C[C@H](N)C(=O)O.NCC(=O)O.N[C@@H](CC(=O)O)C(=O)O. The zero-order valence-electron chi connectivity index (χ0n) is 15.8. The molecule has 0 rings (SSSR count). The van der Waals surface area contributed by atoms with E-state index in [9.17, 15) is 24.0 Å². The van der Waals surface area contributed by atoms with Gasteiger partial charge in [-0.15, -0.1) is 0 Å². The van der Waals surface area contributed by atoms with Gasteiger partial charge >= 0.3 is 29.8 Å². The van der Waals surface area contributed by atoms with Crippen molar-refractivity contribution in [3.8, 4) is 0 Å². The van der Waals surface area contributed by atoms with Crippen molar-refractivity contribution in [1.29, 1.82) is 0 Å². The summed E-state index contributed by atoms with van der Waals surface area (Å²) in [6.07, 6.45) is -0.532. The molecule has 0 aromatic heterocycles. The molecule has 14 nitrogen and oxygen atoms in total. The van der Waals surface area contributed by atoms with Gasteiger partial charge in [-0.2, -0.15) is 0 Å². The van der Waals surface area contributed by atoms with Gasteiger partial charge in [0.05, 0.1) is 13.0 Å². The standard InChI is InChI=1S/C5H11NO2.C4H7NO4.C3H7NO2.C2H5NO2/c1-3(2)4(6)5(7)8;5-2(4(8)9)1-3(6)7;1-2(4)3(5)6;3-1-2(4)5/h3-4H,6H2,1-2H3,(H,7,8);2H,1,5H2,(H,6,7)(H,8,9);2H,4H2,1H3,(H,5,6);1,3H2,(H,4,5)/t4-;2*2-;/m000./s1. The Bertz CT molecular complexity index is 497. The van der Waals surface area contributed by atoms with E-state index in [0.29, 0.717) is 0 Å². The second kappa shape index (κ2) is 19.0. The minimum Gasteiger partial charge on any atom is -0.481 e. The third kappa shape index (κ3) is 31.0. The van der Waals surface area contributed by atoms with Gasteiger partial charge in [0.1, 0.15) is 18.1 Å². The number of carboxylic acids is 5. The molecule has 0 saturated carbocycles. The summed E-state index contributed by atoms with van der Waals surface area (Å²) in [6.45, 7) is 4.69. The first-order chi connectivity index (χ1) is 12.5. The van der Waals surface area contributed by atoms with Crippen molar-refractivity contribution in [2.75, 3.05) is 6.54 Å². The van der Waals surface area contributed by atoms with Gasteiger partial charge in [0.2, 0.25) is 0 Å². The van der Waals surface area contributed by atoms with Crippen molar-refractivity contribution in [2.45, 2.75) is 45.3 Å². The monoisotopic (exact) mass is 414 g/mol. The van der Waals surface area contributed by atoms with Crippen molar-refractivity contribution in [3.63, 3.8) is 0 Å². The van der Waals surface area contributed by atoms with E-state index >= 15 is 0 Å². The van der Waals surface area contributed by atoms with Crippen molar-refractivity contribution in [2.24, 2.45) is 28.9 Å². The lowest BCUT2D eigenvalue weighted by atomic mass is 10.1. The minimum atomic E-state index is -1.29. The summed E-state index contributed by atoms with van der Waals surface area (Å²) in [6, 6.07) is -2.73. The van der Waals surface area contributed by atoms with Crippen LogP contribution in [0.4, 0.5) is 0 Å². The van der Waals surface area contributed by atoms with E-state index in [1.807, 2.05) is 0 Å². The third-order valence-corrected chi connectivity index (χ3v) is 2.28. The van der Waals surface area contributed by atoms with Crippen LogP contribution in [-0.4, -0.2) is 80.0 Å². The number of carbonyl (C=O) groups is 5. The summed E-state index contributed by atoms with van der Waals surface area (Å²) in [5.74, 6) is -5.34. The first kappa shape index (κ1) is 32.8. The zero-order valence-corrected chi connectivity index (χ0v) is 15.8. The highest BCUT2D eigenvalue weighted by atomic mass is 16.4. The normalized spacial score (nSPS) is 12.3. The molecular formula is C14H30N4O10. The Hall–Kier alpha value is -2.81. The molecule has 0 aliphatic carbocycles. The van der Waals surface area contributed by atoms with Crippen LogP contribution in [0.25, 0.3) is 0 Å². The topological polar surface area (TPSA) is 291 Å². The Morgan fingerprint density at radius 2 is 1.04 bits per heavy atom. The fraction of sp³-hybridized carbons (Fsp3) is 0.643. The van der Waals surface area contributed by atoms with Crippen LogP contribution in [0, 0.1) is 5.92 Å². The lowest BCUT2D eigenvalue weighted by Crippen LogP contribution is -2.34. The van der Waals surface area contributed by atoms with Crippen LogP contribution in [0.2, 0.25) is 0 Å². The Morgan fingerprint density at radius 3 is 1.07 bits per heavy atom. The maximum Gasteiger partial charge on any atom is 0.321 e. The van der Waals surface area contributed by atoms with E-state index in [-0.39, 0.29) is 12.5 Å². The molecule has 0 aromatic carbocycles. The van der Waals surface area contributed by atoms with Gasteiger partial charge in [0.15, 0.2) is 0 Å². The number of rotatable bonds is 7. The molecule has 0 bridgehead atoms. The fourth-order valence-electron chi connectivity index (χ4n) is 0.561. The number of hydrogen-bond donors (Lipinski definition) is 9. The zero-order chi connectivity index (χ0) is 23.6. The van der Waals surface area contributed by atoms with Crippen LogP contribution in [0.5, 0.6) is 0 Å². The second-order valence-electron chi connectivity index (χ2n) is 5.38. The molecule has 28 heavy (non-hydrogen) atoms. The summed E-state index contributed by atoms with van der Waals surface area (Å²) >= 11 is 0. The van der Waals surface area contributed by atoms with Gasteiger partial charge in [0, 0.05) is 0 Å². The highest BCUT2D eigenvalue weighted by Crippen LogP contribution is 1.96. The largest absolute Gasteiger partial charge is 0.481 e. The van der Waals surface area contributed by atoms with Gasteiger partial charge in [-0.05, 0) is 12.8 Å². The van der Waals surface area contributed by atoms with E-state index in [4.69, 9.17) is 42.7 Å². The Kier molecular flexibility index (Phi) is 22.2. The Morgan fingerprint density at radius 1 is 0.714 bits per heavy atom. The summed E-state index contributed by atoms with van der Waals surface area (Å²) in [4.78, 5) is 48.5. The first-order valence-corrected chi connectivity index (χ1v) is 7.59. The predicted octanol–water partition coefficient (Wildman–Crippen LogP) is -2.62. The van der Waals surface area contributed by atoms with Crippen LogP contribution >= 0.6 is 0 Å². The lowest BCUT2D eigenvalue weighted by molar-refractivity contribution is -0.144. The molecule has 0 radical (unpaired) electrons. The van der Waals surface area contributed by atoms with Gasteiger partial charge in [0.25, 0.3) is 0 Å². The molecular weight excluding hydrogens is 384 g/mol. The van der Waals surface area contributed by atoms with Crippen molar-refractivity contribution < 1.29 is 49.5 Å². The summed E-state index contributed by atoms with van der Waals surface area (Å²) in [5.41, 5.74) is 19.4. The van der Waals surface area contributed by atoms with Crippen molar-refractivity contribution in [1.82, 2.24) is 0 Å². The number of carboxylic acid groups (broad SMARTS) is 5. The molecule has 0 aromatic rings. The van der Waals surface area contributed by atoms with Crippen LogP contribution in [-0.2, 0) is 24.0 Å². The van der Waals surface area contributed by atoms with E-state index < -0.39 is 54.4 Å². The number of nitrogens with two attached hydrogens (primary N) is 4. The maximum absolute atomic E-state index is 10.0. The highest BCUT2D eigenvalue weighted by Gasteiger charge is 2.15. The highest BCUT2D eigenvalue weighted by molar-refractivity contribution is 5.80. The molecule has 0 unspecified atom stereocenters. The van der Waals surface area contributed by atoms with E-state index in [0.717, 1.165) is 0 Å². The molecule has 14 heteroatoms. The molecule has 166 valence electrons. The summed E-state index contributed by atoms with van der Waals surface area (Å²) in [5, 5.41) is 39.7. The predicted molar refractivity (Wildman–Crippen MR) is 96.3 cm³/mol. The van der Waals surface area contributed by atoms with E-state index in [1.54, 1.807) is 13.8 Å². The maximum atomic E-state index is 10.0. The average molecular weight is 414 g/mol. The minimum absolute atomic E-state index is 0.0208. The first-order valence-electron chi connectivity index (χ1n) is 7.59. The molecule has 0 fully saturated rings. The fourth-order valence-corrected chi connectivity index (χ4v) is 0.561. The van der Waals surface area contributed by atoms with Crippen LogP contribution in [0.15, 0.2) is 0 Å².